The number of nitrogens with zero attached hydrogens (tertiary/aromatic N) is 3. The predicted octanol–water partition coefficient (Wildman–Crippen LogP) is 6.61. The zero-order valence-electron chi connectivity index (χ0n) is 20.5. The van der Waals surface area contributed by atoms with Gasteiger partial charge in [-0.15, -0.1) is 0 Å². The SMILES string of the molecule is CCc1ccc(-c2noc(C3=C(C)N(Cc4ccccc4C)C(=S)NC3c3cccc(F)c3)n2)cc1. The molecule has 1 aliphatic heterocycles. The summed E-state index contributed by atoms with van der Waals surface area (Å²) in [7, 11) is 0. The fourth-order valence-corrected chi connectivity index (χ4v) is 4.80. The number of benzene rings is 3. The molecule has 5 rings (SSSR count). The van der Waals surface area contributed by atoms with Crippen molar-refractivity contribution in [2.45, 2.75) is 39.8 Å². The molecule has 1 aromatic heterocycles. The van der Waals surface area contributed by atoms with E-state index in [0.29, 0.717) is 23.4 Å². The number of hydrogen-bond donors (Lipinski definition) is 1. The first-order valence-electron chi connectivity index (χ1n) is 12.0. The highest BCUT2D eigenvalue weighted by atomic mass is 32.1. The molecule has 1 aliphatic rings. The van der Waals surface area contributed by atoms with Crippen LogP contribution in [-0.4, -0.2) is 20.2 Å². The second-order valence-electron chi connectivity index (χ2n) is 8.92. The second kappa shape index (κ2) is 10.0. The molecule has 0 aliphatic carbocycles. The topological polar surface area (TPSA) is 54.2 Å². The minimum atomic E-state index is -0.433. The molecule has 182 valence electrons. The van der Waals surface area contributed by atoms with Crippen LogP contribution in [0, 0.1) is 12.7 Å². The molecule has 0 fully saturated rings. The van der Waals surface area contributed by atoms with Gasteiger partial charge in [0.1, 0.15) is 5.82 Å². The van der Waals surface area contributed by atoms with E-state index in [4.69, 9.17) is 21.7 Å². The standard InChI is InChI=1S/C29H27FN4OS/c1-4-20-12-14-21(15-13-20)27-32-28(35-33-27)25-19(3)34(17-23-9-6-5-8-18(23)2)29(36)31-26(25)22-10-7-11-24(30)16-22/h5-16,26H,4,17H2,1-3H3,(H,31,36). The summed E-state index contributed by atoms with van der Waals surface area (Å²) in [4.78, 5) is 6.78. The largest absolute Gasteiger partial charge is 0.351 e. The van der Waals surface area contributed by atoms with Gasteiger partial charge in [-0.05, 0) is 66.9 Å². The van der Waals surface area contributed by atoms with Crippen molar-refractivity contribution in [1.29, 1.82) is 0 Å². The zero-order valence-corrected chi connectivity index (χ0v) is 21.3. The van der Waals surface area contributed by atoms with Crippen LogP contribution in [-0.2, 0) is 13.0 Å². The molecule has 2 heterocycles. The zero-order chi connectivity index (χ0) is 25.2. The van der Waals surface area contributed by atoms with Crippen molar-refractivity contribution in [3.8, 4) is 11.4 Å². The van der Waals surface area contributed by atoms with Gasteiger partial charge in [0.15, 0.2) is 5.11 Å². The summed E-state index contributed by atoms with van der Waals surface area (Å²) >= 11 is 5.79. The third-order valence-corrected chi connectivity index (χ3v) is 6.98. The number of thiocarbonyl (C=S) groups is 1. The molecule has 0 saturated carbocycles. The minimum absolute atomic E-state index is 0.318. The molecular weight excluding hydrogens is 471 g/mol. The molecular formula is C29H27FN4OS. The van der Waals surface area contributed by atoms with Crippen LogP contribution in [0.5, 0.6) is 0 Å². The number of halogens is 1. The summed E-state index contributed by atoms with van der Waals surface area (Å²) in [6, 6.07) is 22.4. The Kier molecular flexibility index (Phi) is 6.65. The summed E-state index contributed by atoms with van der Waals surface area (Å²) in [5, 5.41) is 8.22. The normalized spacial score (nSPS) is 15.8. The van der Waals surface area contributed by atoms with Crippen LogP contribution in [0.15, 0.2) is 83.0 Å². The summed E-state index contributed by atoms with van der Waals surface area (Å²) in [5.41, 5.74) is 6.83. The molecule has 0 bridgehead atoms. The third kappa shape index (κ3) is 4.66. The molecule has 0 spiro atoms. The van der Waals surface area contributed by atoms with Gasteiger partial charge in [0.05, 0.1) is 18.2 Å². The maximum atomic E-state index is 14.2. The molecule has 0 amide bonds. The van der Waals surface area contributed by atoms with Crippen molar-refractivity contribution in [2.75, 3.05) is 0 Å². The molecule has 5 nitrogen and oxygen atoms in total. The molecule has 1 N–H and O–H groups in total. The molecule has 1 unspecified atom stereocenters. The highest BCUT2D eigenvalue weighted by molar-refractivity contribution is 7.80. The van der Waals surface area contributed by atoms with Crippen LogP contribution < -0.4 is 5.32 Å². The Hall–Kier alpha value is -3.84. The van der Waals surface area contributed by atoms with E-state index in [-0.39, 0.29) is 5.82 Å². The van der Waals surface area contributed by atoms with Crippen LogP contribution in [0.4, 0.5) is 4.39 Å². The quantitative estimate of drug-likeness (QED) is 0.302. The molecule has 3 aromatic carbocycles. The molecule has 0 radical (unpaired) electrons. The highest BCUT2D eigenvalue weighted by Gasteiger charge is 2.34. The molecule has 1 atom stereocenters. The van der Waals surface area contributed by atoms with Gasteiger partial charge in [-0.1, -0.05) is 72.7 Å². The van der Waals surface area contributed by atoms with Gasteiger partial charge in [0, 0.05) is 11.3 Å². The Labute approximate surface area is 215 Å². The van der Waals surface area contributed by atoms with Gasteiger partial charge < -0.3 is 14.7 Å². The van der Waals surface area contributed by atoms with Gasteiger partial charge in [0.2, 0.25) is 5.82 Å². The van der Waals surface area contributed by atoms with Crippen LogP contribution in [0.1, 0.15) is 48.0 Å². The first kappa shape index (κ1) is 23.9. The summed E-state index contributed by atoms with van der Waals surface area (Å²) in [6.07, 6.45) is 0.960. The Bertz CT molecular complexity index is 1440. The van der Waals surface area contributed by atoms with Gasteiger partial charge in [0.25, 0.3) is 5.89 Å². The number of rotatable bonds is 6. The fraction of sp³-hybridized carbons (Fsp3) is 0.207. The van der Waals surface area contributed by atoms with Crippen molar-refractivity contribution in [1.82, 2.24) is 20.4 Å². The maximum Gasteiger partial charge on any atom is 0.258 e. The van der Waals surface area contributed by atoms with Crippen molar-refractivity contribution < 1.29 is 8.91 Å². The fourth-order valence-electron chi connectivity index (χ4n) is 4.48. The first-order valence-corrected chi connectivity index (χ1v) is 12.4. The Balaban J connectivity index is 1.59. The Morgan fingerprint density at radius 2 is 1.81 bits per heavy atom. The van der Waals surface area contributed by atoms with Crippen molar-refractivity contribution in [2.24, 2.45) is 0 Å². The lowest BCUT2D eigenvalue weighted by molar-refractivity contribution is 0.396. The molecule has 0 saturated heterocycles. The summed E-state index contributed by atoms with van der Waals surface area (Å²) in [5.74, 6) is 0.562. The van der Waals surface area contributed by atoms with Crippen molar-refractivity contribution in [3.63, 3.8) is 0 Å². The summed E-state index contributed by atoms with van der Waals surface area (Å²) < 4.78 is 20.0. The predicted molar refractivity (Wildman–Crippen MR) is 143 cm³/mol. The summed E-state index contributed by atoms with van der Waals surface area (Å²) in [6.45, 7) is 6.78. The molecule has 7 heteroatoms. The van der Waals surface area contributed by atoms with E-state index in [1.165, 1.54) is 23.3 Å². The van der Waals surface area contributed by atoms with Gasteiger partial charge >= 0.3 is 0 Å². The second-order valence-corrected chi connectivity index (χ2v) is 9.31. The van der Waals surface area contributed by atoms with E-state index in [9.17, 15) is 4.39 Å². The van der Waals surface area contributed by atoms with Crippen LogP contribution in [0.2, 0.25) is 0 Å². The molecule has 36 heavy (non-hydrogen) atoms. The monoisotopic (exact) mass is 498 g/mol. The highest BCUT2D eigenvalue weighted by Crippen LogP contribution is 2.38. The first-order chi connectivity index (χ1) is 17.4. The lowest BCUT2D eigenvalue weighted by Crippen LogP contribution is -2.45. The van der Waals surface area contributed by atoms with E-state index >= 15 is 0 Å². The lowest BCUT2D eigenvalue weighted by atomic mass is 9.94. The van der Waals surface area contributed by atoms with E-state index < -0.39 is 6.04 Å². The van der Waals surface area contributed by atoms with E-state index in [0.717, 1.165) is 34.4 Å². The number of aryl methyl sites for hydroxylation is 2. The van der Waals surface area contributed by atoms with E-state index in [1.807, 2.05) is 42.2 Å². The van der Waals surface area contributed by atoms with Crippen molar-refractivity contribution >= 4 is 22.9 Å². The molecule has 4 aromatic rings. The number of allylic oxidation sites excluding steroid dienone is 1. The van der Waals surface area contributed by atoms with E-state index in [2.05, 4.69) is 48.6 Å². The Morgan fingerprint density at radius 3 is 2.53 bits per heavy atom. The number of hydrogen-bond acceptors (Lipinski definition) is 4. The number of aromatic nitrogens is 2. The van der Waals surface area contributed by atoms with Crippen LogP contribution in [0.3, 0.4) is 0 Å². The minimum Gasteiger partial charge on any atom is -0.351 e. The Morgan fingerprint density at radius 1 is 1.03 bits per heavy atom. The van der Waals surface area contributed by atoms with Gasteiger partial charge in [-0.25, -0.2) is 4.39 Å². The van der Waals surface area contributed by atoms with E-state index in [1.54, 1.807) is 6.07 Å². The number of nitrogens with one attached hydrogen (secondary N) is 1. The smallest absolute Gasteiger partial charge is 0.258 e. The van der Waals surface area contributed by atoms with Crippen LogP contribution >= 0.6 is 12.2 Å². The van der Waals surface area contributed by atoms with Crippen LogP contribution in [0.25, 0.3) is 17.0 Å². The van der Waals surface area contributed by atoms with Gasteiger partial charge in [-0.2, -0.15) is 4.98 Å². The average Bonchev–Trinajstić information content (AvgIpc) is 3.37. The van der Waals surface area contributed by atoms with Gasteiger partial charge in [-0.3, -0.25) is 0 Å². The third-order valence-electron chi connectivity index (χ3n) is 6.64. The average molecular weight is 499 g/mol. The lowest BCUT2D eigenvalue weighted by Gasteiger charge is -2.37. The maximum absolute atomic E-state index is 14.2. The van der Waals surface area contributed by atoms with Crippen molar-refractivity contribution in [3.05, 3.63) is 112 Å².